The number of aliphatic hydroxyl groups excluding tert-OH is 2. The van der Waals surface area contributed by atoms with E-state index in [-0.39, 0.29) is 24.6 Å². The maximum atomic E-state index is 12.6. The number of hydrogen-bond acceptors (Lipinski definition) is 4. The lowest BCUT2D eigenvalue weighted by Crippen LogP contribution is -2.53. The summed E-state index contributed by atoms with van der Waals surface area (Å²) in [5.74, 6) is 0.561. The summed E-state index contributed by atoms with van der Waals surface area (Å²) >= 11 is 0. The summed E-state index contributed by atoms with van der Waals surface area (Å²) in [6.45, 7) is 8.69. The highest BCUT2D eigenvalue weighted by atomic mass is 16.5. The molecule has 0 heterocycles. The van der Waals surface area contributed by atoms with Crippen molar-refractivity contribution in [2.75, 3.05) is 20.3 Å². The highest BCUT2D eigenvalue weighted by Crippen LogP contribution is 2.62. The van der Waals surface area contributed by atoms with Crippen LogP contribution in [0.15, 0.2) is 23.8 Å². The molecule has 25 heavy (non-hydrogen) atoms. The van der Waals surface area contributed by atoms with Gasteiger partial charge in [0.1, 0.15) is 0 Å². The van der Waals surface area contributed by atoms with E-state index in [4.69, 9.17) is 9.84 Å². The van der Waals surface area contributed by atoms with Crippen molar-refractivity contribution in [3.05, 3.63) is 23.8 Å². The molecular formula is C21H34O4. The Kier molecular flexibility index (Phi) is 6.50. The molecule has 142 valence electrons. The van der Waals surface area contributed by atoms with Crippen LogP contribution in [-0.4, -0.2) is 36.5 Å². The van der Waals surface area contributed by atoms with Gasteiger partial charge in [-0.1, -0.05) is 31.6 Å². The lowest BCUT2D eigenvalue weighted by atomic mass is 9.46. The van der Waals surface area contributed by atoms with Crippen LogP contribution >= 0.6 is 0 Å². The van der Waals surface area contributed by atoms with Crippen molar-refractivity contribution in [2.45, 2.75) is 58.8 Å². The highest BCUT2D eigenvalue weighted by molar-refractivity contribution is 5.77. The van der Waals surface area contributed by atoms with Crippen molar-refractivity contribution < 1.29 is 19.7 Å². The normalized spacial score (nSPS) is 36.0. The van der Waals surface area contributed by atoms with E-state index in [9.17, 15) is 9.90 Å². The van der Waals surface area contributed by atoms with Crippen LogP contribution < -0.4 is 0 Å². The van der Waals surface area contributed by atoms with Crippen LogP contribution in [-0.2, 0) is 9.53 Å². The number of carbonyl (C=O) groups excluding carboxylic acids is 1. The molecule has 4 heteroatoms. The summed E-state index contributed by atoms with van der Waals surface area (Å²) in [5, 5.41) is 18.6. The van der Waals surface area contributed by atoms with Crippen molar-refractivity contribution in [2.24, 2.45) is 22.7 Å². The van der Waals surface area contributed by atoms with Crippen LogP contribution in [0.25, 0.3) is 0 Å². The number of ether oxygens (including phenoxy) is 1. The molecule has 0 amide bonds. The van der Waals surface area contributed by atoms with Gasteiger partial charge in [-0.15, -0.1) is 0 Å². The Bertz CT molecular complexity index is 538. The van der Waals surface area contributed by atoms with E-state index in [2.05, 4.69) is 20.4 Å². The van der Waals surface area contributed by atoms with Crippen LogP contribution in [0.3, 0.4) is 0 Å². The third-order valence-corrected chi connectivity index (χ3v) is 7.01. The minimum Gasteiger partial charge on any atom is -0.469 e. The topological polar surface area (TPSA) is 66.8 Å². The Morgan fingerprint density at radius 2 is 2.08 bits per heavy atom. The van der Waals surface area contributed by atoms with Crippen molar-refractivity contribution in [3.8, 4) is 0 Å². The third kappa shape index (κ3) is 3.70. The SMILES string of the molecule is C=C1CC[C@@H]2[C@](C)(CCC[C@]2(C)C(=O)OC)[C@H]1CC/C(=C/CO)CO. The van der Waals surface area contributed by atoms with Gasteiger partial charge in [0.15, 0.2) is 0 Å². The van der Waals surface area contributed by atoms with Gasteiger partial charge < -0.3 is 14.9 Å². The van der Waals surface area contributed by atoms with Crippen molar-refractivity contribution in [1.29, 1.82) is 0 Å². The molecular weight excluding hydrogens is 316 g/mol. The first-order chi connectivity index (χ1) is 11.8. The van der Waals surface area contributed by atoms with Gasteiger partial charge in [0.05, 0.1) is 25.7 Å². The van der Waals surface area contributed by atoms with E-state index in [1.165, 1.54) is 12.7 Å². The van der Waals surface area contributed by atoms with Crippen LogP contribution in [0.5, 0.6) is 0 Å². The van der Waals surface area contributed by atoms with Gasteiger partial charge in [0.25, 0.3) is 0 Å². The first-order valence-electron chi connectivity index (χ1n) is 9.49. The van der Waals surface area contributed by atoms with E-state index in [1.54, 1.807) is 6.08 Å². The predicted molar refractivity (Wildman–Crippen MR) is 98.9 cm³/mol. The molecule has 0 aliphatic heterocycles. The molecule has 0 aromatic rings. The minimum absolute atomic E-state index is 0.0141. The van der Waals surface area contributed by atoms with Gasteiger partial charge in [-0.2, -0.15) is 0 Å². The van der Waals surface area contributed by atoms with Gasteiger partial charge in [-0.05, 0) is 68.3 Å². The summed E-state index contributed by atoms with van der Waals surface area (Å²) in [6, 6.07) is 0. The third-order valence-electron chi connectivity index (χ3n) is 7.01. The summed E-state index contributed by atoms with van der Waals surface area (Å²) in [5.41, 5.74) is 1.78. The fourth-order valence-corrected chi connectivity index (χ4v) is 5.66. The molecule has 2 aliphatic carbocycles. The number of esters is 1. The molecule has 0 bridgehead atoms. The molecule has 0 saturated heterocycles. The minimum atomic E-state index is -0.415. The fraction of sp³-hybridized carbons (Fsp3) is 0.762. The second-order valence-electron chi connectivity index (χ2n) is 8.31. The molecule has 4 atom stereocenters. The van der Waals surface area contributed by atoms with Crippen molar-refractivity contribution in [3.63, 3.8) is 0 Å². The van der Waals surface area contributed by atoms with Crippen LogP contribution in [0.1, 0.15) is 58.8 Å². The monoisotopic (exact) mass is 350 g/mol. The van der Waals surface area contributed by atoms with Gasteiger partial charge in [-0.3, -0.25) is 4.79 Å². The molecule has 2 saturated carbocycles. The van der Waals surface area contributed by atoms with E-state index >= 15 is 0 Å². The summed E-state index contributed by atoms with van der Waals surface area (Å²) in [7, 11) is 1.49. The van der Waals surface area contributed by atoms with Crippen LogP contribution in [0.2, 0.25) is 0 Å². The molecule has 0 spiro atoms. The molecule has 0 unspecified atom stereocenters. The highest BCUT2D eigenvalue weighted by Gasteiger charge is 2.57. The average molecular weight is 350 g/mol. The van der Waals surface area contributed by atoms with E-state index in [0.717, 1.165) is 50.5 Å². The largest absolute Gasteiger partial charge is 0.469 e. The quantitative estimate of drug-likeness (QED) is 0.567. The number of rotatable bonds is 6. The Hall–Kier alpha value is -1.13. The van der Waals surface area contributed by atoms with Gasteiger partial charge in [-0.25, -0.2) is 0 Å². The van der Waals surface area contributed by atoms with Crippen molar-refractivity contribution in [1.82, 2.24) is 0 Å². The molecule has 0 aromatic carbocycles. The Morgan fingerprint density at radius 3 is 2.68 bits per heavy atom. The maximum Gasteiger partial charge on any atom is 0.311 e. The van der Waals surface area contributed by atoms with E-state index < -0.39 is 5.41 Å². The molecule has 4 nitrogen and oxygen atoms in total. The molecule has 2 rings (SSSR count). The zero-order valence-electron chi connectivity index (χ0n) is 16.0. The van der Waals surface area contributed by atoms with E-state index in [0.29, 0.717) is 11.8 Å². The molecule has 2 aliphatic rings. The van der Waals surface area contributed by atoms with Crippen molar-refractivity contribution >= 4 is 5.97 Å². The van der Waals surface area contributed by atoms with Gasteiger partial charge >= 0.3 is 5.97 Å². The summed E-state index contributed by atoms with van der Waals surface area (Å²) in [6.07, 6.45) is 8.35. The van der Waals surface area contributed by atoms with Crippen LogP contribution in [0.4, 0.5) is 0 Å². The number of methoxy groups -OCH3 is 1. The van der Waals surface area contributed by atoms with Gasteiger partial charge in [0.2, 0.25) is 0 Å². The number of allylic oxidation sites excluding steroid dienone is 1. The maximum absolute atomic E-state index is 12.6. The first kappa shape index (κ1) is 20.2. The van der Waals surface area contributed by atoms with Crippen LogP contribution in [0, 0.1) is 22.7 Å². The predicted octanol–water partition coefficient (Wildman–Crippen LogP) is 3.63. The lowest BCUT2D eigenvalue weighted by molar-refractivity contribution is -0.168. The first-order valence-corrected chi connectivity index (χ1v) is 9.49. The molecule has 2 fully saturated rings. The second kappa shape index (κ2) is 8.05. The van der Waals surface area contributed by atoms with E-state index in [1.807, 2.05) is 0 Å². The average Bonchev–Trinajstić information content (AvgIpc) is 2.59. The standard InChI is InChI=1S/C21H34O4/c1-15-6-9-18-20(2,11-5-12-21(18,3)19(24)25-4)17(15)8-7-16(14-23)10-13-22/h10,17-18,22-23H,1,5-9,11-14H2,2-4H3/b16-10-/t17-,18+,20+,21-/m0/s1. The van der Waals surface area contributed by atoms with Gasteiger partial charge in [0, 0.05) is 0 Å². The number of aliphatic hydroxyl groups is 2. The zero-order chi connectivity index (χ0) is 18.7. The molecule has 2 N–H and O–H groups in total. The zero-order valence-corrected chi connectivity index (χ0v) is 16.0. The Balaban J connectivity index is 2.26. The summed E-state index contributed by atoms with van der Waals surface area (Å²) in [4.78, 5) is 12.6. The Labute approximate surface area is 152 Å². The Morgan fingerprint density at radius 1 is 1.36 bits per heavy atom. The summed E-state index contributed by atoms with van der Waals surface area (Å²) < 4.78 is 5.17. The number of carbonyl (C=O) groups is 1. The number of fused-ring (bicyclic) bond motifs is 1. The number of hydrogen-bond donors (Lipinski definition) is 2. The molecule has 0 radical (unpaired) electrons. The fourth-order valence-electron chi connectivity index (χ4n) is 5.66. The second-order valence-corrected chi connectivity index (χ2v) is 8.31. The smallest absolute Gasteiger partial charge is 0.311 e. The molecule has 0 aromatic heterocycles. The lowest BCUT2D eigenvalue weighted by Gasteiger charge is -2.57.